The molecular weight excluding hydrogens is 666 g/mol. The van der Waals surface area contributed by atoms with Gasteiger partial charge in [0.05, 0.1) is 26.1 Å². The van der Waals surface area contributed by atoms with Gasteiger partial charge in [0.15, 0.2) is 33.0 Å². The average Bonchev–Trinajstić information content (AvgIpc) is 3.36. The summed E-state index contributed by atoms with van der Waals surface area (Å²) in [5, 5.41) is 11.3. The molecule has 2 aliphatic carbocycles. The van der Waals surface area contributed by atoms with Crippen LogP contribution in [0.2, 0.25) is 0 Å². The highest BCUT2D eigenvalue weighted by molar-refractivity contribution is 6.58. The van der Waals surface area contributed by atoms with Crippen molar-refractivity contribution in [1.82, 2.24) is 4.90 Å². The number of benzene rings is 2. The fourth-order valence-electron chi connectivity index (χ4n) is 7.43. The lowest BCUT2D eigenvalue weighted by Gasteiger charge is -2.50. The summed E-state index contributed by atoms with van der Waals surface area (Å²) in [5.41, 5.74) is -1.97. The van der Waals surface area contributed by atoms with Crippen LogP contribution in [0.25, 0.3) is 0 Å². The minimum absolute atomic E-state index is 0.0279. The van der Waals surface area contributed by atoms with E-state index < -0.39 is 104 Å². The number of phenolic OH excluding ortho intramolecular Hbond substituents is 1. The van der Waals surface area contributed by atoms with Gasteiger partial charge >= 0.3 is 0 Å². The predicted octanol–water partition coefficient (Wildman–Crippen LogP) is 4.69. The molecule has 3 fully saturated rings. The van der Waals surface area contributed by atoms with Crippen molar-refractivity contribution < 1.29 is 55.7 Å². The summed E-state index contributed by atoms with van der Waals surface area (Å²) in [4.78, 5) is 50.4. The number of phenols is 1. The second-order valence-corrected chi connectivity index (χ2v) is 12.6. The fourth-order valence-corrected chi connectivity index (χ4v) is 8.34. The highest BCUT2D eigenvalue weighted by atomic mass is 35.5. The van der Waals surface area contributed by atoms with Gasteiger partial charge in [-0.25, -0.2) is 26.9 Å². The number of nitrogens with zero attached hydrogens (tertiary/aromatic N) is 2. The van der Waals surface area contributed by atoms with E-state index in [4.69, 9.17) is 32.7 Å². The van der Waals surface area contributed by atoms with Gasteiger partial charge in [-0.15, -0.1) is 23.2 Å². The van der Waals surface area contributed by atoms with Gasteiger partial charge in [0.25, 0.3) is 11.8 Å². The molecular formula is C30H23Cl2F5N2O7. The van der Waals surface area contributed by atoms with Gasteiger partial charge in [0, 0.05) is 30.2 Å². The van der Waals surface area contributed by atoms with Crippen molar-refractivity contribution in [2.45, 2.75) is 35.4 Å². The van der Waals surface area contributed by atoms with Crippen molar-refractivity contribution in [2.24, 2.45) is 17.8 Å². The van der Waals surface area contributed by atoms with Crippen LogP contribution < -0.4 is 14.4 Å². The molecule has 6 atom stereocenters. The summed E-state index contributed by atoms with van der Waals surface area (Å²) >= 11 is 14.1. The molecule has 0 spiro atoms. The summed E-state index contributed by atoms with van der Waals surface area (Å²) in [6.07, 6.45) is 0.830. The van der Waals surface area contributed by atoms with E-state index in [0.717, 1.165) is 11.0 Å². The van der Waals surface area contributed by atoms with Gasteiger partial charge in [-0.05, 0) is 25.7 Å². The average molecular weight is 689 g/mol. The molecule has 0 aromatic heterocycles. The van der Waals surface area contributed by atoms with Gasteiger partial charge in [0.2, 0.25) is 17.6 Å². The summed E-state index contributed by atoms with van der Waals surface area (Å²) in [6, 6.07) is 2.42. The number of aromatic hydroxyl groups is 1. The van der Waals surface area contributed by atoms with Gasteiger partial charge in [-0.3, -0.25) is 24.1 Å². The number of allylic oxidation sites excluding steroid dienone is 2. The lowest BCUT2D eigenvalue weighted by molar-refractivity contribution is -0.140. The minimum Gasteiger partial charge on any atom is -0.507 e. The highest BCUT2D eigenvalue weighted by Crippen LogP contribution is 2.67. The Balaban J connectivity index is 1.65. The summed E-state index contributed by atoms with van der Waals surface area (Å²) in [5.74, 6) is -22.3. The number of ether oxygens (including phenoxy) is 2. The third-order valence-corrected chi connectivity index (χ3v) is 10.9. The highest BCUT2D eigenvalue weighted by Gasteiger charge is 2.77. The molecule has 244 valence electrons. The Morgan fingerprint density at radius 3 is 2.07 bits per heavy atom. The van der Waals surface area contributed by atoms with E-state index in [9.17, 15) is 37.5 Å². The van der Waals surface area contributed by atoms with Crippen LogP contribution in [-0.2, 0) is 19.2 Å². The number of anilines is 1. The molecule has 0 bridgehead atoms. The topological polar surface area (TPSA) is 113 Å². The molecule has 1 saturated carbocycles. The SMILES string of the molecule is CCN1C(=O)[C@H]2[C@H](CC=C3[C@H]2C[C@@]2(Cl)C(=O)N(c4c(F)c(F)c(F)c(F)c4F)C(=O)[C@@]2(Cl)[C@H]3c2c(O)cc(OC)cc2OC)C1=O. The number of carbonyl (C=O) groups is 4. The van der Waals surface area contributed by atoms with Crippen molar-refractivity contribution in [3.63, 3.8) is 0 Å². The monoisotopic (exact) mass is 688 g/mol. The van der Waals surface area contributed by atoms with E-state index in [1.165, 1.54) is 26.4 Å². The molecule has 2 aromatic rings. The van der Waals surface area contributed by atoms with Crippen molar-refractivity contribution in [3.05, 3.63) is 58.4 Å². The molecule has 0 radical (unpaired) electrons. The number of rotatable bonds is 5. The summed E-state index contributed by atoms with van der Waals surface area (Å²) < 4.78 is 83.6. The van der Waals surface area contributed by atoms with Crippen molar-refractivity contribution in [2.75, 3.05) is 25.7 Å². The number of halogens is 7. The Morgan fingerprint density at radius 2 is 1.50 bits per heavy atom. The molecule has 6 rings (SSSR count). The fraction of sp³-hybridized carbons (Fsp3) is 0.400. The van der Waals surface area contributed by atoms with Crippen molar-refractivity contribution in [1.29, 1.82) is 0 Å². The maximum Gasteiger partial charge on any atom is 0.258 e. The van der Waals surface area contributed by atoms with E-state index in [0.29, 0.717) is 0 Å². The van der Waals surface area contributed by atoms with Crippen LogP contribution in [0, 0.1) is 46.8 Å². The van der Waals surface area contributed by atoms with Crippen LogP contribution in [0.5, 0.6) is 17.2 Å². The van der Waals surface area contributed by atoms with Crippen LogP contribution in [0.15, 0.2) is 23.8 Å². The predicted molar refractivity (Wildman–Crippen MR) is 150 cm³/mol. The molecule has 9 nitrogen and oxygen atoms in total. The zero-order valence-corrected chi connectivity index (χ0v) is 25.6. The number of hydrogen-bond acceptors (Lipinski definition) is 7. The summed E-state index contributed by atoms with van der Waals surface area (Å²) in [7, 11) is 2.48. The second-order valence-electron chi connectivity index (χ2n) is 11.4. The Hall–Kier alpha value is -3.91. The Kier molecular flexibility index (Phi) is 7.36. The quantitative estimate of drug-likeness (QED) is 0.121. The van der Waals surface area contributed by atoms with E-state index in [1.807, 2.05) is 0 Å². The largest absolute Gasteiger partial charge is 0.507 e. The number of carbonyl (C=O) groups excluding carboxylic acids is 4. The van der Waals surface area contributed by atoms with Crippen molar-refractivity contribution >= 4 is 52.5 Å². The number of hydrogen-bond donors (Lipinski definition) is 1. The number of likely N-dealkylation sites (tertiary alicyclic amines) is 1. The molecule has 2 aliphatic heterocycles. The van der Waals surface area contributed by atoms with Gasteiger partial charge in [-0.1, -0.05) is 11.6 Å². The van der Waals surface area contributed by atoms with Crippen LogP contribution >= 0.6 is 23.2 Å². The van der Waals surface area contributed by atoms with Crippen LogP contribution in [0.4, 0.5) is 27.6 Å². The van der Waals surface area contributed by atoms with Crippen LogP contribution in [0.1, 0.15) is 31.2 Å². The van der Waals surface area contributed by atoms with Gasteiger partial charge in [0.1, 0.15) is 22.9 Å². The van der Waals surface area contributed by atoms with Gasteiger partial charge in [-0.2, -0.15) is 0 Å². The Morgan fingerprint density at radius 1 is 0.891 bits per heavy atom. The molecule has 2 heterocycles. The molecule has 46 heavy (non-hydrogen) atoms. The standard InChI is InChI=1S/C30H23Cl2F5N2O7/c1-4-38-25(41)12-6-5-11-13(16(12)26(38)42)9-29(31)27(43)39(24-22(36)20(34)19(33)21(35)23(24)37)28(44)30(29,32)18(11)17-14(40)7-10(45-2)8-15(17)46-3/h5,7-8,12-13,16,18,40H,4,6,9H2,1-3H3/t12-,13+,16-,18+,29+,30-/m0/s1. The molecule has 1 N–H and O–H groups in total. The zero-order chi connectivity index (χ0) is 33.8. The lowest BCUT2D eigenvalue weighted by Crippen LogP contribution is -2.60. The number of methoxy groups -OCH3 is 2. The minimum atomic E-state index is -2.81. The first-order valence-electron chi connectivity index (χ1n) is 13.9. The Bertz CT molecular complexity index is 1780. The molecule has 2 aromatic carbocycles. The van der Waals surface area contributed by atoms with Crippen molar-refractivity contribution in [3.8, 4) is 17.2 Å². The van der Waals surface area contributed by atoms with Crippen LogP contribution in [0.3, 0.4) is 0 Å². The molecule has 4 amide bonds. The molecule has 2 saturated heterocycles. The Labute approximate surface area is 267 Å². The first-order valence-corrected chi connectivity index (χ1v) is 14.7. The number of fused-ring (bicyclic) bond motifs is 4. The number of alkyl halides is 2. The normalized spacial score (nSPS) is 30.3. The first kappa shape index (κ1) is 32.0. The molecule has 0 unspecified atom stereocenters. The maximum atomic E-state index is 15.1. The molecule has 16 heteroatoms. The number of imide groups is 2. The smallest absolute Gasteiger partial charge is 0.258 e. The number of amides is 4. The zero-order valence-electron chi connectivity index (χ0n) is 24.1. The van der Waals surface area contributed by atoms with E-state index in [2.05, 4.69) is 0 Å². The third-order valence-electron chi connectivity index (χ3n) is 9.47. The van der Waals surface area contributed by atoms with E-state index in [-0.39, 0.29) is 40.5 Å². The summed E-state index contributed by atoms with van der Waals surface area (Å²) in [6.45, 7) is 1.61. The second kappa shape index (κ2) is 10.6. The molecule has 4 aliphatic rings. The van der Waals surface area contributed by atoms with E-state index >= 15 is 8.78 Å². The van der Waals surface area contributed by atoms with E-state index in [1.54, 1.807) is 6.92 Å². The first-order chi connectivity index (χ1) is 21.6. The maximum absolute atomic E-state index is 15.1. The third kappa shape index (κ3) is 3.79. The van der Waals surface area contributed by atoms with Crippen LogP contribution in [-0.4, -0.2) is 64.1 Å². The van der Waals surface area contributed by atoms with Gasteiger partial charge < -0.3 is 14.6 Å². The lowest BCUT2D eigenvalue weighted by atomic mass is 9.56.